The number of hydrogen-bond donors (Lipinski definition) is 1. The van der Waals surface area contributed by atoms with Crippen LogP contribution in [0.3, 0.4) is 0 Å². The van der Waals surface area contributed by atoms with Crippen LogP contribution in [-0.4, -0.2) is 35.8 Å². The molecule has 1 heterocycles. The second-order valence-corrected chi connectivity index (χ2v) is 8.38. The zero-order valence-corrected chi connectivity index (χ0v) is 16.7. The van der Waals surface area contributed by atoms with Gasteiger partial charge in [0.1, 0.15) is 5.82 Å². The molecule has 148 valence electrons. The number of carbonyl (C=O) groups is 2. The summed E-state index contributed by atoms with van der Waals surface area (Å²) in [6, 6.07) is 13.5. The van der Waals surface area contributed by atoms with E-state index >= 15 is 0 Å². The number of likely N-dealkylation sites (tertiary alicyclic amines) is 1. The first-order chi connectivity index (χ1) is 13.2. The molecule has 0 saturated carbocycles. The summed E-state index contributed by atoms with van der Waals surface area (Å²) in [6.07, 6.45) is 1.37. The van der Waals surface area contributed by atoms with E-state index in [-0.39, 0.29) is 23.3 Å². The minimum Gasteiger partial charge on any atom is -0.349 e. The maximum Gasteiger partial charge on any atom is 0.253 e. The summed E-state index contributed by atoms with van der Waals surface area (Å²) in [7, 11) is 0. The Bertz CT molecular complexity index is 848. The normalized spacial score (nSPS) is 15.4. The first-order valence-electron chi connectivity index (χ1n) is 9.70. The van der Waals surface area contributed by atoms with Crippen molar-refractivity contribution in [1.82, 2.24) is 10.2 Å². The second-order valence-electron chi connectivity index (χ2n) is 8.38. The quantitative estimate of drug-likeness (QED) is 0.867. The Kier molecular flexibility index (Phi) is 5.82. The monoisotopic (exact) mass is 382 g/mol. The number of halogens is 1. The summed E-state index contributed by atoms with van der Waals surface area (Å²) >= 11 is 0. The highest BCUT2D eigenvalue weighted by atomic mass is 19.1. The van der Waals surface area contributed by atoms with Crippen LogP contribution in [0.15, 0.2) is 48.5 Å². The molecule has 0 aliphatic carbocycles. The third-order valence-electron chi connectivity index (χ3n) is 5.20. The van der Waals surface area contributed by atoms with E-state index in [1.165, 1.54) is 23.8 Å². The van der Waals surface area contributed by atoms with Crippen LogP contribution in [0.2, 0.25) is 0 Å². The van der Waals surface area contributed by atoms with Crippen molar-refractivity contribution < 1.29 is 14.0 Å². The van der Waals surface area contributed by atoms with Crippen LogP contribution in [0.5, 0.6) is 0 Å². The highest BCUT2D eigenvalue weighted by Gasteiger charge is 2.25. The van der Waals surface area contributed by atoms with Gasteiger partial charge in [0.2, 0.25) is 0 Å². The molecule has 3 rings (SSSR count). The van der Waals surface area contributed by atoms with Crippen LogP contribution < -0.4 is 5.32 Å². The van der Waals surface area contributed by atoms with Gasteiger partial charge in [-0.2, -0.15) is 0 Å². The number of hydrogen-bond acceptors (Lipinski definition) is 2. The molecular weight excluding hydrogens is 355 g/mol. The summed E-state index contributed by atoms with van der Waals surface area (Å²) in [5, 5.41) is 2.94. The fourth-order valence-corrected chi connectivity index (χ4v) is 3.42. The number of carbonyl (C=O) groups excluding carboxylic acids is 2. The van der Waals surface area contributed by atoms with Gasteiger partial charge in [-0.25, -0.2) is 4.39 Å². The Morgan fingerprint density at radius 1 is 1.00 bits per heavy atom. The minimum atomic E-state index is -0.425. The Morgan fingerprint density at radius 2 is 1.64 bits per heavy atom. The van der Waals surface area contributed by atoms with Crippen LogP contribution >= 0.6 is 0 Å². The molecule has 2 aromatic rings. The summed E-state index contributed by atoms with van der Waals surface area (Å²) in [5.41, 5.74) is 2.26. The van der Waals surface area contributed by atoms with E-state index in [0.29, 0.717) is 37.1 Å². The van der Waals surface area contributed by atoms with Gasteiger partial charge in [0, 0.05) is 30.3 Å². The molecule has 5 heteroatoms. The number of rotatable bonds is 3. The van der Waals surface area contributed by atoms with E-state index in [9.17, 15) is 14.0 Å². The van der Waals surface area contributed by atoms with Crippen LogP contribution in [0.1, 0.15) is 59.9 Å². The van der Waals surface area contributed by atoms with Crippen LogP contribution in [-0.2, 0) is 5.41 Å². The largest absolute Gasteiger partial charge is 0.349 e. The van der Waals surface area contributed by atoms with Gasteiger partial charge in [0.15, 0.2) is 0 Å². The van der Waals surface area contributed by atoms with Crippen molar-refractivity contribution >= 4 is 11.8 Å². The lowest BCUT2D eigenvalue weighted by atomic mass is 9.86. The van der Waals surface area contributed by atoms with Gasteiger partial charge >= 0.3 is 0 Å². The molecule has 0 atom stereocenters. The summed E-state index contributed by atoms with van der Waals surface area (Å²) in [6.45, 7) is 7.62. The van der Waals surface area contributed by atoms with Crippen molar-refractivity contribution in [3.8, 4) is 0 Å². The van der Waals surface area contributed by atoms with Crippen molar-refractivity contribution in [2.24, 2.45) is 0 Å². The molecule has 0 radical (unpaired) electrons. The molecule has 0 spiro atoms. The molecule has 1 saturated heterocycles. The van der Waals surface area contributed by atoms with Gasteiger partial charge in [0.25, 0.3) is 11.8 Å². The molecule has 1 fully saturated rings. The smallest absolute Gasteiger partial charge is 0.253 e. The standard InChI is InChI=1S/C23H27FN2O2/c1-23(2,3)18-9-7-16(8-10-18)22(28)26-13-11-20(12-14-26)25-21(27)17-5-4-6-19(24)15-17/h4-10,15,20H,11-14H2,1-3H3,(H,25,27). The summed E-state index contributed by atoms with van der Waals surface area (Å²) in [4.78, 5) is 26.8. The van der Waals surface area contributed by atoms with Crippen LogP contribution in [0, 0.1) is 5.82 Å². The van der Waals surface area contributed by atoms with E-state index in [1.54, 1.807) is 6.07 Å². The van der Waals surface area contributed by atoms with E-state index in [0.717, 1.165) is 0 Å². The van der Waals surface area contributed by atoms with Crippen molar-refractivity contribution in [1.29, 1.82) is 0 Å². The van der Waals surface area contributed by atoms with E-state index in [2.05, 4.69) is 26.1 Å². The molecule has 0 bridgehead atoms. The highest BCUT2D eigenvalue weighted by molar-refractivity contribution is 5.95. The van der Waals surface area contributed by atoms with Crippen molar-refractivity contribution in [2.75, 3.05) is 13.1 Å². The van der Waals surface area contributed by atoms with Gasteiger partial charge in [-0.3, -0.25) is 9.59 Å². The number of nitrogens with one attached hydrogen (secondary N) is 1. The molecule has 2 aromatic carbocycles. The maximum absolute atomic E-state index is 13.3. The maximum atomic E-state index is 13.3. The predicted molar refractivity (Wildman–Crippen MR) is 108 cm³/mol. The fraction of sp³-hybridized carbons (Fsp3) is 0.391. The van der Waals surface area contributed by atoms with Crippen LogP contribution in [0.4, 0.5) is 4.39 Å². The molecule has 0 aromatic heterocycles. The lowest BCUT2D eigenvalue weighted by Gasteiger charge is -2.32. The van der Waals surface area contributed by atoms with Gasteiger partial charge in [-0.15, -0.1) is 0 Å². The molecular formula is C23H27FN2O2. The van der Waals surface area contributed by atoms with Gasteiger partial charge in [-0.1, -0.05) is 39.0 Å². The van der Waals surface area contributed by atoms with Crippen molar-refractivity contribution in [3.63, 3.8) is 0 Å². The van der Waals surface area contributed by atoms with Crippen LogP contribution in [0.25, 0.3) is 0 Å². The topological polar surface area (TPSA) is 49.4 Å². The van der Waals surface area contributed by atoms with E-state index < -0.39 is 5.82 Å². The molecule has 4 nitrogen and oxygen atoms in total. The first-order valence-corrected chi connectivity index (χ1v) is 9.70. The average molecular weight is 382 g/mol. The second kappa shape index (κ2) is 8.13. The van der Waals surface area contributed by atoms with E-state index in [1.807, 2.05) is 29.2 Å². The lowest BCUT2D eigenvalue weighted by Crippen LogP contribution is -2.46. The predicted octanol–water partition coefficient (Wildman–Crippen LogP) is 4.16. The molecule has 2 amide bonds. The zero-order chi connectivity index (χ0) is 20.3. The minimum absolute atomic E-state index is 0.0110. The third kappa shape index (κ3) is 4.77. The zero-order valence-electron chi connectivity index (χ0n) is 16.7. The molecule has 1 aliphatic rings. The SMILES string of the molecule is CC(C)(C)c1ccc(C(=O)N2CCC(NC(=O)c3cccc(F)c3)CC2)cc1. The Balaban J connectivity index is 1.54. The Labute approximate surface area is 165 Å². The number of benzene rings is 2. The van der Waals surface area contributed by atoms with E-state index in [4.69, 9.17) is 0 Å². The molecule has 0 unspecified atom stereocenters. The molecule has 28 heavy (non-hydrogen) atoms. The Hall–Kier alpha value is -2.69. The number of nitrogens with zero attached hydrogens (tertiary/aromatic N) is 1. The summed E-state index contributed by atoms with van der Waals surface area (Å²) < 4.78 is 13.3. The van der Waals surface area contributed by atoms with Gasteiger partial charge < -0.3 is 10.2 Å². The van der Waals surface area contributed by atoms with Gasteiger partial charge in [0.05, 0.1) is 0 Å². The molecule has 1 aliphatic heterocycles. The fourth-order valence-electron chi connectivity index (χ4n) is 3.42. The number of piperidine rings is 1. The highest BCUT2D eigenvalue weighted by Crippen LogP contribution is 2.23. The molecule has 1 N–H and O–H groups in total. The van der Waals surface area contributed by atoms with Crippen molar-refractivity contribution in [3.05, 3.63) is 71.0 Å². The number of amides is 2. The lowest BCUT2D eigenvalue weighted by molar-refractivity contribution is 0.0698. The summed E-state index contributed by atoms with van der Waals surface area (Å²) in [5.74, 6) is -0.678. The Morgan fingerprint density at radius 3 is 2.21 bits per heavy atom. The average Bonchev–Trinajstić information content (AvgIpc) is 2.67. The first kappa shape index (κ1) is 20.1. The van der Waals surface area contributed by atoms with Crippen molar-refractivity contribution in [2.45, 2.75) is 45.1 Å². The third-order valence-corrected chi connectivity index (χ3v) is 5.20. The van der Waals surface area contributed by atoms with Gasteiger partial charge in [-0.05, 0) is 54.2 Å².